The Labute approximate surface area is 106 Å². The average molecular weight is 257 g/mol. The summed E-state index contributed by atoms with van der Waals surface area (Å²) in [6.45, 7) is 5.34. The van der Waals surface area contributed by atoms with Crippen LogP contribution in [0.5, 0.6) is 0 Å². The van der Waals surface area contributed by atoms with Crippen molar-refractivity contribution in [2.75, 3.05) is 18.0 Å². The first-order valence-electron chi connectivity index (χ1n) is 5.42. The number of amidine groups is 1. The highest BCUT2D eigenvalue weighted by molar-refractivity contribution is 6.33. The smallest absolute Gasteiger partial charge is 0.143 e. The third-order valence-corrected chi connectivity index (χ3v) is 2.88. The second-order valence-corrected chi connectivity index (χ2v) is 4.20. The SMILES string of the molecule is CCN(CC(C)C(N)=NO)c1ccncc1Cl. The number of nitrogens with two attached hydrogens (primary N) is 1. The van der Waals surface area contributed by atoms with Gasteiger partial charge in [0.1, 0.15) is 5.84 Å². The molecule has 5 nitrogen and oxygen atoms in total. The number of halogens is 1. The Balaban J connectivity index is 2.83. The second-order valence-electron chi connectivity index (χ2n) is 3.79. The van der Waals surface area contributed by atoms with E-state index in [-0.39, 0.29) is 11.8 Å². The lowest BCUT2D eigenvalue weighted by Crippen LogP contribution is -2.35. The van der Waals surface area contributed by atoms with E-state index in [4.69, 9.17) is 22.5 Å². The summed E-state index contributed by atoms with van der Waals surface area (Å²) in [5.74, 6) is 0.165. The fraction of sp³-hybridized carbons (Fsp3) is 0.455. The molecule has 0 aliphatic carbocycles. The minimum atomic E-state index is -0.0517. The number of hydrogen-bond donors (Lipinski definition) is 2. The Morgan fingerprint density at radius 2 is 2.41 bits per heavy atom. The Kier molecular flexibility index (Phi) is 5.03. The normalized spacial score (nSPS) is 13.5. The highest BCUT2D eigenvalue weighted by Crippen LogP contribution is 2.24. The van der Waals surface area contributed by atoms with Crippen LogP contribution in [0.3, 0.4) is 0 Å². The highest BCUT2D eigenvalue weighted by atomic mass is 35.5. The zero-order valence-corrected chi connectivity index (χ0v) is 10.7. The van der Waals surface area contributed by atoms with Crippen LogP contribution < -0.4 is 10.6 Å². The second kappa shape index (κ2) is 6.30. The van der Waals surface area contributed by atoms with Crippen LogP contribution in [0.15, 0.2) is 23.6 Å². The van der Waals surface area contributed by atoms with E-state index < -0.39 is 0 Å². The summed E-state index contributed by atoms with van der Waals surface area (Å²) in [4.78, 5) is 6.01. The van der Waals surface area contributed by atoms with E-state index in [0.717, 1.165) is 12.2 Å². The topological polar surface area (TPSA) is 74.7 Å². The van der Waals surface area contributed by atoms with Crippen molar-refractivity contribution in [3.63, 3.8) is 0 Å². The van der Waals surface area contributed by atoms with Crippen LogP contribution >= 0.6 is 11.6 Å². The fourth-order valence-corrected chi connectivity index (χ4v) is 1.78. The first-order valence-corrected chi connectivity index (χ1v) is 5.79. The van der Waals surface area contributed by atoms with Gasteiger partial charge in [0.05, 0.1) is 10.7 Å². The van der Waals surface area contributed by atoms with Gasteiger partial charge in [0.25, 0.3) is 0 Å². The molecule has 3 N–H and O–H groups in total. The number of hydrogen-bond acceptors (Lipinski definition) is 4. The molecule has 1 aromatic heterocycles. The molecule has 1 rings (SSSR count). The molecule has 0 aromatic carbocycles. The molecule has 17 heavy (non-hydrogen) atoms. The van der Waals surface area contributed by atoms with Crippen molar-refractivity contribution < 1.29 is 5.21 Å². The first kappa shape index (κ1) is 13.6. The molecule has 6 heteroatoms. The largest absolute Gasteiger partial charge is 0.409 e. The van der Waals surface area contributed by atoms with Crippen molar-refractivity contribution in [3.05, 3.63) is 23.5 Å². The molecule has 0 saturated carbocycles. The van der Waals surface area contributed by atoms with Crippen molar-refractivity contribution >= 4 is 23.1 Å². The van der Waals surface area contributed by atoms with Gasteiger partial charge in [0.15, 0.2) is 0 Å². The van der Waals surface area contributed by atoms with Crippen LogP contribution in [0.25, 0.3) is 0 Å². The molecule has 1 atom stereocenters. The summed E-state index contributed by atoms with van der Waals surface area (Å²) in [6, 6.07) is 1.85. The van der Waals surface area contributed by atoms with Gasteiger partial charge >= 0.3 is 0 Å². The maximum absolute atomic E-state index is 8.62. The minimum absolute atomic E-state index is 0.0517. The van der Waals surface area contributed by atoms with E-state index in [0.29, 0.717) is 11.6 Å². The maximum Gasteiger partial charge on any atom is 0.143 e. The summed E-state index contributed by atoms with van der Waals surface area (Å²) in [6.07, 6.45) is 3.30. The van der Waals surface area contributed by atoms with Gasteiger partial charge in [-0.1, -0.05) is 23.7 Å². The monoisotopic (exact) mass is 256 g/mol. The number of nitrogens with zero attached hydrogens (tertiary/aromatic N) is 3. The number of oxime groups is 1. The number of rotatable bonds is 5. The summed E-state index contributed by atoms with van der Waals surface area (Å²) in [5, 5.41) is 12.2. The van der Waals surface area contributed by atoms with Gasteiger partial charge in [-0.25, -0.2) is 0 Å². The maximum atomic E-state index is 8.62. The Morgan fingerprint density at radius 3 is 2.94 bits per heavy atom. The van der Waals surface area contributed by atoms with Crippen LogP contribution in [-0.4, -0.2) is 29.1 Å². The summed E-state index contributed by atoms with van der Waals surface area (Å²) in [7, 11) is 0. The van der Waals surface area contributed by atoms with Crippen molar-refractivity contribution in [3.8, 4) is 0 Å². The van der Waals surface area contributed by atoms with Crippen molar-refractivity contribution in [1.29, 1.82) is 0 Å². The molecule has 0 amide bonds. The molecule has 1 aromatic rings. The van der Waals surface area contributed by atoms with E-state index in [9.17, 15) is 0 Å². The molecule has 0 aliphatic rings. The molecule has 1 unspecified atom stereocenters. The molecule has 0 radical (unpaired) electrons. The lowest BCUT2D eigenvalue weighted by Gasteiger charge is -2.26. The van der Waals surface area contributed by atoms with Gasteiger partial charge in [-0.05, 0) is 13.0 Å². The molecule has 0 fully saturated rings. The van der Waals surface area contributed by atoms with Gasteiger partial charge in [-0.3, -0.25) is 4.98 Å². The molecule has 0 aliphatic heterocycles. The fourth-order valence-electron chi connectivity index (χ4n) is 1.54. The molecule has 94 valence electrons. The van der Waals surface area contributed by atoms with Crippen LogP contribution in [0.2, 0.25) is 5.02 Å². The molecule has 0 bridgehead atoms. The predicted octanol–water partition coefficient (Wildman–Crippen LogP) is 1.94. The van der Waals surface area contributed by atoms with E-state index in [1.165, 1.54) is 0 Å². The van der Waals surface area contributed by atoms with Crippen molar-refractivity contribution in [1.82, 2.24) is 4.98 Å². The zero-order chi connectivity index (χ0) is 12.8. The molecule has 0 saturated heterocycles. The third-order valence-electron chi connectivity index (χ3n) is 2.59. The lowest BCUT2D eigenvalue weighted by molar-refractivity contribution is 0.314. The summed E-state index contributed by atoms with van der Waals surface area (Å²) < 4.78 is 0. The van der Waals surface area contributed by atoms with Gasteiger partial charge in [-0.2, -0.15) is 0 Å². The third kappa shape index (κ3) is 3.49. The zero-order valence-electron chi connectivity index (χ0n) is 9.97. The summed E-state index contributed by atoms with van der Waals surface area (Å²) >= 11 is 6.08. The Hall–Kier alpha value is -1.49. The predicted molar refractivity (Wildman–Crippen MR) is 69.7 cm³/mol. The molecule has 1 heterocycles. The van der Waals surface area contributed by atoms with Crippen molar-refractivity contribution in [2.45, 2.75) is 13.8 Å². The molecular formula is C11H17ClN4O. The van der Waals surface area contributed by atoms with Gasteiger partial charge in [0.2, 0.25) is 0 Å². The van der Waals surface area contributed by atoms with Crippen molar-refractivity contribution in [2.24, 2.45) is 16.8 Å². The Bertz CT molecular complexity index is 397. The van der Waals surface area contributed by atoms with Crippen LogP contribution in [-0.2, 0) is 0 Å². The van der Waals surface area contributed by atoms with E-state index in [2.05, 4.69) is 15.0 Å². The van der Waals surface area contributed by atoms with Crippen LogP contribution in [0, 0.1) is 5.92 Å². The van der Waals surface area contributed by atoms with Crippen LogP contribution in [0.4, 0.5) is 5.69 Å². The lowest BCUT2D eigenvalue weighted by atomic mass is 10.1. The average Bonchev–Trinajstić information content (AvgIpc) is 2.35. The number of aromatic nitrogens is 1. The summed E-state index contributed by atoms with van der Waals surface area (Å²) in [5.41, 5.74) is 6.47. The molecule has 0 spiro atoms. The Morgan fingerprint density at radius 1 is 1.71 bits per heavy atom. The highest BCUT2D eigenvalue weighted by Gasteiger charge is 2.15. The minimum Gasteiger partial charge on any atom is -0.409 e. The quantitative estimate of drug-likeness (QED) is 0.365. The number of anilines is 1. The first-order chi connectivity index (χ1) is 8.10. The standard InChI is InChI=1S/C11H17ClN4O/c1-3-16(7-8(2)11(13)15-17)10-4-5-14-6-9(10)12/h4-6,8,17H,3,7H2,1-2H3,(H2,13,15). The van der Waals surface area contributed by atoms with Gasteiger partial charge in [0, 0.05) is 31.4 Å². The van der Waals surface area contributed by atoms with Gasteiger partial charge in [-0.15, -0.1) is 0 Å². The molecular weight excluding hydrogens is 240 g/mol. The van der Waals surface area contributed by atoms with Crippen LogP contribution in [0.1, 0.15) is 13.8 Å². The van der Waals surface area contributed by atoms with E-state index in [1.54, 1.807) is 12.4 Å². The van der Waals surface area contributed by atoms with E-state index >= 15 is 0 Å². The number of pyridine rings is 1. The van der Waals surface area contributed by atoms with Gasteiger partial charge < -0.3 is 15.8 Å². The van der Waals surface area contributed by atoms with E-state index in [1.807, 2.05) is 19.9 Å².